The van der Waals surface area contributed by atoms with Crippen LogP contribution < -0.4 is 16.0 Å². The quantitative estimate of drug-likeness (QED) is 0.846. The van der Waals surface area contributed by atoms with E-state index in [-0.39, 0.29) is 11.8 Å². The van der Waals surface area contributed by atoms with E-state index in [1.54, 1.807) is 0 Å². The third-order valence-corrected chi connectivity index (χ3v) is 4.15. The molecule has 0 aromatic heterocycles. The van der Waals surface area contributed by atoms with E-state index in [4.69, 9.17) is 5.73 Å². The van der Waals surface area contributed by atoms with Crippen LogP contribution in [0.3, 0.4) is 0 Å². The molecule has 4 nitrogen and oxygen atoms in total. The zero-order valence-electron chi connectivity index (χ0n) is 13.0. The van der Waals surface area contributed by atoms with Gasteiger partial charge in [-0.3, -0.25) is 4.79 Å². The number of rotatable bonds is 6. The van der Waals surface area contributed by atoms with Gasteiger partial charge in [0.1, 0.15) is 0 Å². The van der Waals surface area contributed by atoms with Crippen molar-refractivity contribution in [2.24, 2.45) is 11.7 Å². The Bertz CT molecular complexity index is 455. The minimum absolute atomic E-state index is 0.00274. The average Bonchev–Trinajstić information content (AvgIpc) is 2.54. The summed E-state index contributed by atoms with van der Waals surface area (Å²) in [6.45, 7) is 4.77. The Labute approximate surface area is 127 Å². The van der Waals surface area contributed by atoms with Gasteiger partial charge >= 0.3 is 0 Å². The summed E-state index contributed by atoms with van der Waals surface area (Å²) in [5, 5.41) is 3.10. The fourth-order valence-corrected chi connectivity index (χ4v) is 2.80. The maximum Gasteiger partial charge on any atom is 0.227 e. The number of nitrogens with one attached hydrogen (secondary N) is 1. The number of nitrogens with zero attached hydrogens (tertiary/aromatic N) is 1. The van der Waals surface area contributed by atoms with Crippen LogP contribution in [0.1, 0.15) is 39.0 Å². The van der Waals surface area contributed by atoms with Gasteiger partial charge in [0.15, 0.2) is 0 Å². The van der Waals surface area contributed by atoms with E-state index >= 15 is 0 Å². The number of amides is 1. The number of hydrogen-bond donors (Lipinski definition) is 2. The number of piperidine rings is 1. The second-order valence-corrected chi connectivity index (χ2v) is 5.89. The molecule has 1 fully saturated rings. The molecule has 1 atom stereocenters. The van der Waals surface area contributed by atoms with Crippen molar-refractivity contribution in [3.05, 3.63) is 24.3 Å². The first-order chi connectivity index (χ1) is 10.2. The molecule has 1 aliphatic rings. The molecule has 0 bridgehead atoms. The molecule has 0 aliphatic carbocycles. The van der Waals surface area contributed by atoms with E-state index in [9.17, 15) is 4.79 Å². The van der Waals surface area contributed by atoms with E-state index in [1.165, 1.54) is 19.3 Å². The van der Waals surface area contributed by atoms with Crippen LogP contribution in [-0.4, -0.2) is 25.5 Å². The molecule has 4 heteroatoms. The van der Waals surface area contributed by atoms with Gasteiger partial charge in [-0.15, -0.1) is 0 Å². The van der Waals surface area contributed by atoms with E-state index in [0.717, 1.165) is 37.3 Å². The number of para-hydroxylation sites is 2. The zero-order chi connectivity index (χ0) is 15.1. The molecule has 0 radical (unpaired) electrons. The van der Waals surface area contributed by atoms with Crippen LogP contribution in [0.5, 0.6) is 0 Å². The Morgan fingerprint density at radius 2 is 2.00 bits per heavy atom. The first-order valence-corrected chi connectivity index (χ1v) is 8.07. The number of benzene rings is 1. The van der Waals surface area contributed by atoms with Crippen molar-refractivity contribution in [3.63, 3.8) is 0 Å². The lowest BCUT2D eigenvalue weighted by atomic mass is 10.0. The first kappa shape index (κ1) is 15.8. The molecule has 1 aliphatic heterocycles. The minimum atomic E-state index is 0.00274. The number of carbonyl (C=O) groups excluding carboxylic acids is 1. The molecule has 1 aromatic rings. The Hall–Kier alpha value is -1.55. The first-order valence-electron chi connectivity index (χ1n) is 8.07. The smallest absolute Gasteiger partial charge is 0.227 e. The van der Waals surface area contributed by atoms with Crippen LogP contribution >= 0.6 is 0 Å². The molecular formula is C17H27N3O. The molecule has 116 valence electrons. The number of nitrogens with two attached hydrogens (primary N) is 1. The van der Waals surface area contributed by atoms with Gasteiger partial charge in [-0.25, -0.2) is 0 Å². The highest BCUT2D eigenvalue weighted by molar-refractivity contribution is 5.95. The lowest BCUT2D eigenvalue weighted by Gasteiger charge is -2.30. The van der Waals surface area contributed by atoms with E-state index < -0.39 is 0 Å². The van der Waals surface area contributed by atoms with Crippen LogP contribution in [0.15, 0.2) is 24.3 Å². The Morgan fingerprint density at radius 1 is 1.29 bits per heavy atom. The molecule has 0 spiro atoms. The summed E-state index contributed by atoms with van der Waals surface area (Å²) in [4.78, 5) is 14.7. The number of carbonyl (C=O) groups is 1. The topological polar surface area (TPSA) is 58.4 Å². The van der Waals surface area contributed by atoms with E-state index in [2.05, 4.69) is 16.3 Å². The van der Waals surface area contributed by atoms with Gasteiger partial charge in [-0.1, -0.05) is 19.1 Å². The highest BCUT2D eigenvalue weighted by atomic mass is 16.1. The van der Waals surface area contributed by atoms with Crippen molar-refractivity contribution in [1.29, 1.82) is 0 Å². The van der Waals surface area contributed by atoms with Gasteiger partial charge in [-0.2, -0.15) is 0 Å². The van der Waals surface area contributed by atoms with Gasteiger partial charge < -0.3 is 16.0 Å². The zero-order valence-corrected chi connectivity index (χ0v) is 13.0. The second kappa shape index (κ2) is 8.03. The fraction of sp³-hybridized carbons (Fsp3) is 0.588. The van der Waals surface area contributed by atoms with Crippen LogP contribution in [0.2, 0.25) is 0 Å². The Kier molecular flexibility index (Phi) is 6.05. The summed E-state index contributed by atoms with van der Waals surface area (Å²) in [6.07, 6.45) is 5.50. The Morgan fingerprint density at radius 3 is 2.71 bits per heavy atom. The van der Waals surface area contributed by atoms with Crippen molar-refractivity contribution in [2.75, 3.05) is 29.9 Å². The molecule has 21 heavy (non-hydrogen) atoms. The maximum absolute atomic E-state index is 12.3. The SMILES string of the molecule is CC(CCCN)C(=O)Nc1ccccc1N1CCCCC1. The third-order valence-electron chi connectivity index (χ3n) is 4.15. The third kappa shape index (κ3) is 4.46. The maximum atomic E-state index is 12.3. The van der Waals surface area contributed by atoms with Gasteiger partial charge in [0.2, 0.25) is 5.91 Å². The van der Waals surface area contributed by atoms with Crippen molar-refractivity contribution in [2.45, 2.75) is 39.0 Å². The number of hydrogen-bond acceptors (Lipinski definition) is 3. The monoisotopic (exact) mass is 289 g/mol. The summed E-state index contributed by atoms with van der Waals surface area (Å²) in [6, 6.07) is 8.12. The van der Waals surface area contributed by atoms with E-state index in [1.807, 2.05) is 25.1 Å². The largest absolute Gasteiger partial charge is 0.370 e. The van der Waals surface area contributed by atoms with Gasteiger partial charge in [0.25, 0.3) is 0 Å². The molecule has 0 saturated carbocycles. The van der Waals surface area contributed by atoms with Crippen molar-refractivity contribution >= 4 is 17.3 Å². The summed E-state index contributed by atoms with van der Waals surface area (Å²) >= 11 is 0. The minimum Gasteiger partial charge on any atom is -0.370 e. The second-order valence-electron chi connectivity index (χ2n) is 5.89. The van der Waals surface area contributed by atoms with Crippen LogP contribution in [0.4, 0.5) is 11.4 Å². The average molecular weight is 289 g/mol. The highest BCUT2D eigenvalue weighted by Crippen LogP contribution is 2.28. The van der Waals surface area contributed by atoms with Crippen molar-refractivity contribution < 1.29 is 4.79 Å². The van der Waals surface area contributed by atoms with Gasteiger partial charge in [-0.05, 0) is 50.8 Å². The molecule has 2 rings (SSSR count). The standard InChI is InChI=1S/C17H27N3O/c1-14(8-7-11-18)17(21)19-15-9-3-4-10-16(15)20-12-5-2-6-13-20/h3-4,9-10,14H,2,5-8,11-13,18H2,1H3,(H,19,21). The van der Waals surface area contributed by atoms with Crippen LogP contribution in [0.25, 0.3) is 0 Å². The summed E-state index contributed by atoms with van der Waals surface area (Å²) in [7, 11) is 0. The summed E-state index contributed by atoms with van der Waals surface area (Å²) in [5.74, 6) is 0.0934. The molecule has 1 saturated heterocycles. The highest BCUT2D eigenvalue weighted by Gasteiger charge is 2.17. The summed E-state index contributed by atoms with van der Waals surface area (Å²) in [5.41, 5.74) is 7.60. The molecule has 3 N–H and O–H groups in total. The molecular weight excluding hydrogens is 262 g/mol. The van der Waals surface area contributed by atoms with Crippen molar-refractivity contribution in [3.8, 4) is 0 Å². The van der Waals surface area contributed by atoms with Gasteiger partial charge in [0.05, 0.1) is 11.4 Å². The molecule has 1 aromatic carbocycles. The molecule has 1 unspecified atom stereocenters. The molecule has 1 heterocycles. The molecule has 1 amide bonds. The summed E-state index contributed by atoms with van der Waals surface area (Å²) < 4.78 is 0. The Balaban J connectivity index is 2.03. The van der Waals surface area contributed by atoms with Gasteiger partial charge in [0, 0.05) is 19.0 Å². The van der Waals surface area contributed by atoms with Crippen LogP contribution in [-0.2, 0) is 4.79 Å². The van der Waals surface area contributed by atoms with E-state index in [0.29, 0.717) is 6.54 Å². The predicted molar refractivity (Wildman–Crippen MR) is 88.6 cm³/mol. The predicted octanol–water partition coefficient (Wildman–Crippen LogP) is 2.99. The lowest BCUT2D eigenvalue weighted by Crippen LogP contribution is -2.31. The van der Waals surface area contributed by atoms with Crippen molar-refractivity contribution in [1.82, 2.24) is 0 Å². The normalized spacial score (nSPS) is 16.6. The lowest BCUT2D eigenvalue weighted by molar-refractivity contribution is -0.119. The number of anilines is 2. The fourth-order valence-electron chi connectivity index (χ4n) is 2.80. The van der Waals surface area contributed by atoms with Crippen LogP contribution in [0, 0.1) is 5.92 Å².